The third-order valence-corrected chi connectivity index (χ3v) is 4.33. The van der Waals surface area contributed by atoms with Gasteiger partial charge < -0.3 is 11.1 Å². The minimum atomic E-state index is -0.557. The van der Waals surface area contributed by atoms with Gasteiger partial charge in [0.25, 0.3) is 0 Å². The van der Waals surface area contributed by atoms with E-state index in [0.717, 1.165) is 11.1 Å². The summed E-state index contributed by atoms with van der Waals surface area (Å²) in [5, 5.41) is 15.5. The first-order valence-electron chi connectivity index (χ1n) is 8.99. The molecule has 0 fully saturated rings. The summed E-state index contributed by atoms with van der Waals surface area (Å²) in [6.45, 7) is 4.24. The van der Waals surface area contributed by atoms with Crippen LogP contribution in [-0.4, -0.2) is 32.7 Å². The molecule has 2 aromatic carbocycles. The first-order chi connectivity index (χ1) is 13.1. The van der Waals surface area contributed by atoms with Gasteiger partial charge in [-0.3, -0.25) is 4.79 Å². The zero-order chi connectivity index (χ0) is 19.2. The fourth-order valence-corrected chi connectivity index (χ4v) is 2.85. The lowest BCUT2D eigenvalue weighted by Crippen LogP contribution is -2.39. The second kappa shape index (κ2) is 9.96. The highest BCUT2D eigenvalue weighted by Gasteiger charge is 2.27. The molecule has 7 nitrogen and oxygen atoms in total. The van der Waals surface area contributed by atoms with E-state index in [4.69, 9.17) is 5.73 Å². The Kier molecular flexibility index (Phi) is 7.66. The van der Waals surface area contributed by atoms with Gasteiger partial charge in [-0.2, -0.15) is 4.80 Å². The Hall–Kier alpha value is -2.77. The number of benzene rings is 2. The van der Waals surface area contributed by atoms with Gasteiger partial charge in [-0.25, -0.2) is 0 Å². The topological polar surface area (TPSA) is 98.7 Å². The first kappa shape index (κ1) is 21.5. The van der Waals surface area contributed by atoms with Crippen molar-refractivity contribution in [1.29, 1.82) is 0 Å². The number of aromatic nitrogens is 4. The van der Waals surface area contributed by atoms with Gasteiger partial charge in [0.1, 0.15) is 0 Å². The maximum atomic E-state index is 12.8. The van der Waals surface area contributed by atoms with Crippen molar-refractivity contribution in [2.45, 2.75) is 25.9 Å². The van der Waals surface area contributed by atoms with Crippen molar-refractivity contribution in [3.63, 3.8) is 0 Å². The molecule has 2 atom stereocenters. The van der Waals surface area contributed by atoms with E-state index in [1.807, 2.05) is 74.5 Å². The van der Waals surface area contributed by atoms with Gasteiger partial charge >= 0.3 is 0 Å². The zero-order valence-corrected chi connectivity index (χ0v) is 16.7. The van der Waals surface area contributed by atoms with Crippen molar-refractivity contribution in [2.75, 3.05) is 6.54 Å². The normalized spacial score (nSPS) is 12.9. The number of nitrogens with zero attached hydrogens (tertiary/aromatic N) is 4. The van der Waals surface area contributed by atoms with Crippen molar-refractivity contribution in [1.82, 2.24) is 25.5 Å². The quantitative estimate of drug-likeness (QED) is 0.635. The summed E-state index contributed by atoms with van der Waals surface area (Å²) in [5.41, 5.74) is 8.01. The Labute approximate surface area is 170 Å². The van der Waals surface area contributed by atoms with Crippen LogP contribution in [0.1, 0.15) is 31.5 Å². The fraction of sp³-hybridized carbons (Fsp3) is 0.300. The number of nitrogens with one attached hydrogen (secondary N) is 1. The number of halogens is 1. The predicted molar refractivity (Wildman–Crippen MR) is 111 cm³/mol. The number of amides is 1. The van der Waals surface area contributed by atoms with Gasteiger partial charge in [0.2, 0.25) is 11.7 Å². The second-order valence-electron chi connectivity index (χ2n) is 6.75. The maximum Gasteiger partial charge on any atom is 0.247 e. The van der Waals surface area contributed by atoms with Crippen LogP contribution in [0.5, 0.6) is 0 Å². The second-order valence-corrected chi connectivity index (χ2v) is 6.75. The van der Waals surface area contributed by atoms with E-state index in [0.29, 0.717) is 12.4 Å². The Morgan fingerprint density at radius 3 is 2.29 bits per heavy atom. The number of tetrazole rings is 1. The Bertz CT molecular complexity index is 869. The lowest BCUT2D eigenvalue weighted by Gasteiger charge is -2.20. The Morgan fingerprint density at radius 1 is 1.07 bits per heavy atom. The number of hydrogen-bond donors (Lipinski definition) is 2. The van der Waals surface area contributed by atoms with Crippen molar-refractivity contribution in [3.05, 3.63) is 66.2 Å². The molecule has 3 N–H and O–H groups in total. The summed E-state index contributed by atoms with van der Waals surface area (Å²) in [6, 6.07) is 18.4. The summed E-state index contributed by atoms with van der Waals surface area (Å²) in [5.74, 6) is 0.319. The number of nitrogens with two attached hydrogens (primary N) is 1. The molecule has 0 radical (unpaired) electrons. The molecule has 0 saturated heterocycles. The monoisotopic (exact) mass is 400 g/mol. The van der Waals surface area contributed by atoms with Crippen LogP contribution in [-0.2, 0) is 4.79 Å². The van der Waals surface area contributed by atoms with Crippen LogP contribution >= 0.6 is 12.4 Å². The van der Waals surface area contributed by atoms with Gasteiger partial charge in [-0.1, -0.05) is 74.5 Å². The van der Waals surface area contributed by atoms with Crippen LogP contribution in [0, 0.1) is 5.92 Å². The van der Waals surface area contributed by atoms with E-state index in [1.165, 1.54) is 4.80 Å². The number of rotatable bonds is 7. The zero-order valence-electron chi connectivity index (χ0n) is 15.9. The molecule has 3 aromatic rings. The molecule has 1 heterocycles. The Balaban J connectivity index is 0.00000280. The highest BCUT2D eigenvalue weighted by molar-refractivity contribution is 5.85. The fourth-order valence-electron chi connectivity index (χ4n) is 2.85. The van der Waals surface area contributed by atoms with Crippen molar-refractivity contribution < 1.29 is 4.79 Å². The smallest absolute Gasteiger partial charge is 0.247 e. The molecule has 8 heteroatoms. The lowest BCUT2D eigenvalue weighted by molar-refractivity contribution is -0.126. The van der Waals surface area contributed by atoms with Gasteiger partial charge in [0, 0.05) is 18.2 Å². The Morgan fingerprint density at radius 2 is 1.68 bits per heavy atom. The molecule has 0 aliphatic carbocycles. The molecule has 2 unspecified atom stereocenters. The van der Waals surface area contributed by atoms with Crippen LogP contribution in [0.15, 0.2) is 60.7 Å². The molecule has 0 aliphatic rings. The van der Waals surface area contributed by atoms with Gasteiger partial charge in [0.05, 0.1) is 0 Å². The van der Waals surface area contributed by atoms with Crippen LogP contribution in [0.25, 0.3) is 11.4 Å². The number of carbonyl (C=O) groups excluding carboxylic acids is 1. The molecular formula is C20H25ClN6O. The van der Waals surface area contributed by atoms with Crippen molar-refractivity contribution >= 4 is 18.3 Å². The minimum absolute atomic E-state index is 0. The minimum Gasteiger partial charge on any atom is -0.352 e. The summed E-state index contributed by atoms with van der Waals surface area (Å²) in [6.07, 6.45) is 0. The summed E-state index contributed by atoms with van der Waals surface area (Å²) in [7, 11) is 0. The molecule has 1 aromatic heterocycles. The number of carbonyl (C=O) groups is 1. The summed E-state index contributed by atoms with van der Waals surface area (Å²) < 4.78 is 0. The molecule has 3 rings (SSSR count). The lowest BCUT2D eigenvalue weighted by atomic mass is 10.0. The molecule has 0 saturated carbocycles. The third-order valence-electron chi connectivity index (χ3n) is 4.33. The molecule has 0 aliphatic heterocycles. The SMILES string of the molecule is CC(C)C(C(=O)NCC(N)c1ccccc1)n1nnc(-c2ccccc2)n1.Cl. The maximum absolute atomic E-state index is 12.8. The molecule has 0 bridgehead atoms. The predicted octanol–water partition coefficient (Wildman–Crippen LogP) is 2.78. The van der Waals surface area contributed by atoms with Crippen LogP contribution < -0.4 is 11.1 Å². The molecule has 0 spiro atoms. The standard InChI is InChI=1S/C20H24N6O.ClH/c1-14(2)18(20(27)22-13-17(21)15-9-5-3-6-10-15)26-24-19(23-25-26)16-11-7-4-8-12-16;/h3-12,14,17-18H,13,21H2,1-2H3,(H,22,27);1H. The highest BCUT2D eigenvalue weighted by atomic mass is 35.5. The van der Waals surface area contributed by atoms with Crippen LogP contribution in [0.3, 0.4) is 0 Å². The van der Waals surface area contributed by atoms with Crippen LogP contribution in [0.2, 0.25) is 0 Å². The average molecular weight is 401 g/mol. The van der Waals surface area contributed by atoms with Gasteiger partial charge in [0.15, 0.2) is 6.04 Å². The largest absolute Gasteiger partial charge is 0.352 e. The number of hydrogen-bond acceptors (Lipinski definition) is 5. The molecule has 1 amide bonds. The first-order valence-corrected chi connectivity index (χ1v) is 8.99. The molecule has 148 valence electrons. The summed E-state index contributed by atoms with van der Waals surface area (Å²) in [4.78, 5) is 14.2. The highest BCUT2D eigenvalue weighted by Crippen LogP contribution is 2.19. The van der Waals surface area contributed by atoms with Gasteiger partial charge in [-0.15, -0.1) is 22.6 Å². The van der Waals surface area contributed by atoms with E-state index in [9.17, 15) is 4.79 Å². The van der Waals surface area contributed by atoms with E-state index >= 15 is 0 Å². The van der Waals surface area contributed by atoms with E-state index in [1.54, 1.807) is 0 Å². The van der Waals surface area contributed by atoms with E-state index < -0.39 is 6.04 Å². The third kappa shape index (κ3) is 5.15. The van der Waals surface area contributed by atoms with Crippen molar-refractivity contribution in [3.8, 4) is 11.4 Å². The van der Waals surface area contributed by atoms with E-state index in [2.05, 4.69) is 20.7 Å². The molecular weight excluding hydrogens is 376 g/mol. The van der Waals surface area contributed by atoms with Crippen LogP contribution in [0.4, 0.5) is 0 Å². The van der Waals surface area contributed by atoms with Crippen molar-refractivity contribution in [2.24, 2.45) is 11.7 Å². The summed E-state index contributed by atoms with van der Waals surface area (Å²) >= 11 is 0. The molecule has 28 heavy (non-hydrogen) atoms. The average Bonchev–Trinajstić information content (AvgIpc) is 3.17. The van der Waals surface area contributed by atoms with Gasteiger partial charge in [-0.05, 0) is 16.7 Å². The van der Waals surface area contributed by atoms with E-state index in [-0.39, 0.29) is 30.3 Å².